The van der Waals surface area contributed by atoms with Crippen LogP contribution in [0.3, 0.4) is 0 Å². The fourth-order valence-electron chi connectivity index (χ4n) is 3.53. The van der Waals surface area contributed by atoms with Crippen molar-refractivity contribution in [3.05, 3.63) is 71.3 Å². The minimum absolute atomic E-state index is 0.0754. The first kappa shape index (κ1) is 21.9. The number of nitrogens with two attached hydrogens (primary N) is 1. The van der Waals surface area contributed by atoms with Gasteiger partial charge in [0.05, 0.1) is 23.7 Å². The number of nitrogens with zero attached hydrogens (tertiary/aromatic N) is 3. The Balaban J connectivity index is 1.71. The Morgan fingerprint density at radius 3 is 2.66 bits per heavy atom. The van der Waals surface area contributed by atoms with E-state index in [2.05, 4.69) is 4.99 Å². The molecule has 1 aliphatic rings. The number of hydrogen-bond acceptors (Lipinski definition) is 5. The zero-order valence-corrected chi connectivity index (χ0v) is 18.5. The van der Waals surface area contributed by atoms with Gasteiger partial charge in [-0.2, -0.15) is 0 Å². The Labute approximate surface area is 190 Å². The van der Waals surface area contributed by atoms with Gasteiger partial charge in [0.2, 0.25) is 5.91 Å². The van der Waals surface area contributed by atoms with Crippen molar-refractivity contribution in [2.75, 3.05) is 19.8 Å². The number of fused-ring (bicyclic) bond motifs is 1. The zero-order chi connectivity index (χ0) is 22.5. The number of thioether (sulfide) groups is 1. The first-order valence-electron chi connectivity index (χ1n) is 10.4. The number of amides is 2. The molecule has 2 amide bonds. The highest BCUT2D eigenvalue weighted by Gasteiger charge is 2.33. The van der Waals surface area contributed by atoms with Gasteiger partial charge >= 0.3 is 0 Å². The SMILES string of the molecule is CCOCCN1C(=O)/C(=C\c2cn(CC(N)=O)c3ccccc23)SC1=Nc1ccccc1. The summed E-state index contributed by atoms with van der Waals surface area (Å²) in [5, 5.41) is 1.57. The minimum atomic E-state index is -0.421. The molecule has 2 heterocycles. The molecule has 32 heavy (non-hydrogen) atoms. The number of para-hydroxylation sites is 2. The van der Waals surface area contributed by atoms with Gasteiger partial charge in [0.15, 0.2) is 5.17 Å². The molecule has 0 bridgehead atoms. The van der Waals surface area contributed by atoms with Gasteiger partial charge in [0.25, 0.3) is 5.91 Å². The van der Waals surface area contributed by atoms with Crippen LogP contribution in [0.25, 0.3) is 17.0 Å². The molecule has 0 saturated carbocycles. The molecule has 0 spiro atoms. The molecular formula is C24H24N4O3S. The van der Waals surface area contributed by atoms with E-state index in [4.69, 9.17) is 10.5 Å². The van der Waals surface area contributed by atoms with Crippen LogP contribution in [-0.4, -0.2) is 46.2 Å². The summed E-state index contributed by atoms with van der Waals surface area (Å²) in [5.74, 6) is -0.535. The second-order valence-electron chi connectivity index (χ2n) is 7.19. The third kappa shape index (κ3) is 4.76. The highest BCUT2D eigenvalue weighted by Crippen LogP contribution is 2.35. The third-order valence-corrected chi connectivity index (χ3v) is 5.97. The molecule has 3 aromatic rings. The second-order valence-corrected chi connectivity index (χ2v) is 8.20. The van der Waals surface area contributed by atoms with E-state index in [9.17, 15) is 9.59 Å². The number of carbonyl (C=O) groups is 2. The molecule has 1 aliphatic heterocycles. The molecule has 2 aromatic carbocycles. The van der Waals surface area contributed by atoms with Crippen LogP contribution < -0.4 is 5.73 Å². The quantitative estimate of drug-likeness (QED) is 0.420. The Bertz CT molecular complexity index is 1200. The summed E-state index contributed by atoms with van der Waals surface area (Å²) in [6.45, 7) is 3.44. The van der Waals surface area contributed by atoms with Crippen molar-refractivity contribution in [1.82, 2.24) is 9.47 Å². The smallest absolute Gasteiger partial charge is 0.266 e. The van der Waals surface area contributed by atoms with E-state index in [1.165, 1.54) is 11.8 Å². The van der Waals surface area contributed by atoms with Crippen LogP contribution in [0.4, 0.5) is 5.69 Å². The lowest BCUT2D eigenvalue weighted by Gasteiger charge is -2.15. The van der Waals surface area contributed by atoms with Crippen LogP contribution in [0.15, 0.2) is 70.7 Å². The fraction of sp³-hybridized carbons (Fsp3) is 0.208. The number of ether oxygens (including phenoxy) is 1. The maximum absolute atomic E-state index is 13.2. The van der Waals surface area contributed by atoms with Crippen LogP contribution in [-0.2, 0) is 20.9 Å². The summed E-state index contributed by atoms with van der Waals surface area (Å²) in [7, 11) is 0. The van der Waals surface area contributed by atoms with Crippen molar-refractivity contribution in [2.45, 2.75) is 13.5 Å². The topological polar surface area (TPSA) is 89.9 Å². The average molecular weight is 449 g/mol. The van der Waals surface area contributed by atoms with E-state index >= 15 is 0 Å². The van der Waals surface area contributed by atoms with Gasteiger partial charge in [-0.25, -0.2) is 4.99 Å². The van der Waals surface area contributed by atoms with Gasteiger partial charge < -0.3 is 15.0 Å². The van der Waals surface area contributed by atoms with E-state index in [-0.39, 0.29) is 12.5 Å². The summed E-state index contributed by atoms with van der Waals surface area (Å²) in [4.78, 5) is 31.7. The lowest BCUT2D eigenvalue weighted by molar-refractivity contribution is -0.122. The lowest BCUT2D eigenvalue weighted by Crippen LogP contribution is -2.32. The van der Waals surface area contributed by atoms with Crippen molar-refractivity contribution < 1.29 is 14.3 Å². The van der Waals surface area contributed by atoms with Gasteiger partial charge in [-0.15, -0.1) is 0 Å². The van der Waals surface area contributed by atoms with Gasteiger partial charge in [-0.05, 0) is 43.0 Å². The van der Waals surface area contributed by atoms with Crippen LogP contribution in [0.5, 0.6) is 0 Å². The van der Waals surface area contributed by atoms with E-state index in [1.807, 2.05) is 73.8 Å². The molecule has 0 unspecified atom stereocenters. The minimum Gasteiger partial charge on any atom is -0.380 e. The molecule has 0 aliphatic carbocycles. The first-order valence-corrected chi connectivity index (χ1v) is 11.2. The average Bonchev–Trinajstić information content (AvgIpc) is 3.27. The standard InChI is InChI=1S/C24H24N4O3S/c1-2-31-13-12-28-23(30)21(32-24(28)26-18-8-4-3-5-9-18)14-17-15-27(16-22(25)29)20-11-7-6-10-19(17)20/h3-11,14-15H,2,12-13,16H2,1H3,(H2,25,29)/b21-14+,26-24?. The van der Waals surface area contributed by atoms with Crippen LogP contribution in [0.1, 0.15) is 12.5 Å². The molecule has 8 heteroatoms. The largest absolute Gasteiger partial charge is 0.380 e. The maximum atomic E-state index is 13.2. The number of amidine groups is 1. The Morgan fingerprint density at radius 2 is 1.91 bits per heavy atom. The number of benzene rings is 2. The van der Waals surface area contributed by atoms with E-state index < -0.39 is 5.91 Å². The summed E-state index contributed by atoms with van der Waals surface area (Å²) in [6, 6.07) is 17.3. The van der Waals surface area contributed by atoms with Crippen molar-refractivity contribution in [3.8, 4) is 0 Å². The molecule has 1 aromatic heterocycles. The Kier molecular flexibility index (Phi) is 6.72. The maximum Gasteiger partial charge on any atom is 0.266 e. The summed E-state index contributed by atoms with van der Waals surface area (Å²) in [6.07, 6.45) is 3.71. The van der Waals surface area contributed by atoms with Crippen LogP contribution in [0, 0.1) is 0 Å². The van der Waals surface area contributed by atoms with E-state index in [0.29, 0.717) is 29.8 Å². The monoisotopic (exact) mass is 448 g/mol. The first-order chi connectivity index (χ1) is 15.6. The van der Waals surface area contributed by atoms with Gasteiger partial charge in [0, 0.05) is 29.3 Å². The molecule has 0 atom stereocenters. The van der Waals surface area contributed by atoms with E-state index in [1.54, 1.807) is 9.47 Å². The zero-order valence-electron chi connectivity index (χ0n) is 17.7. The molecule has 1 fully saturated rings. The predicted octanol–water partition coefficient (Wildman–Crippen LogP) is 3.77. The summed E-state index contributed by atoms with van der Waals surface area (Å²) in [5.41, 5.74) is 7.93. The Hall–Kier alpha value is -3.36. The summed E-state index contributed by atoms with van der Waals surface area (Å²) < 4.78 is 7.27. The molecule has 4 rings (SSSR count). The highest BCUT2D eigenvalue weighted by atomic mass is 32.2. The number of rotatable bonds is 8. The summed E-state index contributed by atoms with van der Waals surface area (Å²) >= 11 is 1.34. The molecule has 164 valence electrons. The Morgan fingerprint density at radius 1 is 1.16 bits per heavy atom. The molecule has 1 saturated heterocycles. The number of carbonyl (C=O) groups excluding carboxylic acids is 2. The van der Waals surface area contributed by atoms with Crippen LogP contribution >= 0.6 is 11.8 Å². The highest BCUT2D eigenvalue weighted by molar-refractivity contribution is 8.18. The van der Waals surface area contributed by atoms with Gasteiger partial charge in [-0.3, -0.25) is 14.5 Å². The number of aromatic nitrogens is 1. The van der Waals surface area contributed by atoms with Gasteiger partial charge in [0.1, 0.15) is 6.54 Å². The molecular weight excluding hydrogens is 424 g/mol. The predicted molar refractivity (Wildman–Crippen MR) is 128 cm³/mol. The third-order valence-electron chi connectivity index (χ3n) is 4.96. The molecule has 2 N–H and O–H groups in total. The lowest BCUT2D eigenvalue weighted by atomic mass is 10.1. The number of aliphatic imine (C=N–C) groups is 1. The second kappa shape index (κ2) is 9.84. The van der Waals surface area contributed by atoms with Gasteiger partial charge in [-0.1, -0.05) is 36.4 Å². The molecule has 7 nitrogen and oxygen atoms in total. The van der Waals surface area contributed by atoms with Crippen LogP contribution in [0.2, 0.25) is 0 Å². The van der Waals surface area contributed by atoms with Crippen molar-refractivity contribution in [2.24, 2.45) is 10.7 Å². The normalized spacial score (nSPS) is 16.5. The molecule has 0 radical (unpaired) electrons. The van der Waals surface area contributed by atoms with E-state index in [0.717, 1.165) is 22.2 Å². The number of hydrogen-bond donors (Lipinski definition) is 1. The number of primary amides is 1. The fourth-order valence-corrected chi connectivity index (χ4v) is 4.55. The van der Waals surface area contributed by atoms with Crippen molar-refractivity contribution in [3.63, 3.8) is 0 Å². The van der Waals surface area contributed by atoms with Crippen molar-refractivity contribution in [1.29, 1.82) is 0 Å². The van der Waals surface area contributed by atoms with Crippen molar-refractivity contribution >= 4 is 51.4 Å².